The number of rotatable bonds is 6. The van der Waals surface area contributed by atoms with Gasteiger partial charge in [-0.2, -0.15) is 0 Å². The molecule has 6 nitrogen and oxygen atoms in total. The molecule has 0 aliphatic rings. The van der Waals surface area contributed by atoms with E-state index in [0.29, 0.717) is 17.0 Å². The Labute approximate surface area is 120 Å². The second kappa shape index (κ2) is 6.67. The molecule has 0 unspecified atom stereocenters. The molecular formula is C13H13N3O3S. The molecule has 1 heterocycles. The van der Waals surface area contributed by atoms with E-state index in [9.17, 15) is 4.79 Å². The van der Waals surface area contributed by atoms with Crippen molar-refractivity contribution in [1.29, 1.82) is 0 Å². The van der Waals surface area contributed by atoms with E-state index in [4.69, 9.17) is 22.7 Å². The monoisotopic (exact) mass is 291 g/mol. The van der Waals surface area contributed by atoms with Gasteiger partial charge in [0.05, 0.1) is 12.1 Å². The molecule has 20 heavy (non-hydrogen) atoms. The van der Waals surface area contributed by atoms with Crippen LogP contribution >= 0.6 is 12.2 Å². The maximum atomic E-state index is 11.6. The van der Waals surface area contributed by atoms with Gasteiger partial charge in [0.2, 0.25) is 0 Å². The van der Waals surface area contributed by atoms with Crippen molar-refractivity contribution in [2.45, 2.75) is 6.54 Å². The van der Waals surface area contributed by atoms with Gasteiger partial charge in [0.1, 0.15) is 22.7 Å². The number of ether oxygens (including phenoxy) is 1. The van der Waals surface area contributed by atoms with Crippen molar-refractivity contribution in [2.75, 3.05) is 6.61 Å². The lowest BCUT2D eigenvalue weighted by Gasteiger charge is -2.10. The van der Waals surface area contributed by atoms with Gasteiger partial charge >= 0.3 is 0 Å². The van der Waals surface area contributed by atoms with Crippen molar-refractivity contribution >= 4 is 23.1 Å². The van der Waals surface area contributed by atoms with E-state index >= 15 is 0 Å². The lowest BCUT2D eigenvalue weighted by Crippen LogP contribution is -2.28. The standard InChI is InChI=1S/C13H13N3O3S/c14-13(20)10-3-1-2-4-11(10)18-8-12(17)15-7-9-5-6-19-16-9/h1-6H,7-8H2,(H2,14,20)(H,15,17). The van der Waals surface area contributed by atoms with E-state index in [2.05, 4.69) is 15.0 Å². The van der Waals surface area contributed by atoms with E-state index in [1.807, 2.05) is 0 Å². The van der Waals surface area contributed by atoms with Crippen molar-refractivity contribution in [1.82, 2.24) is 10.5 Å². The van der Waals surface area contributed by atoms with Crippen LogP contribution in [0.2, 0.25) is 0 Å². The molecular weight excluding hydrogens is 278 g/mol. The highest BCUT2D eigenvalue weighted by molar-refractivity contribution is 7.80. The second-order valence-electron chi connectivity index (χ2n) is 3.92. The Hall–Kier alpha value is -2.41. The van der Waals surface area contributed by atoms with Crippen LogP contribution in [0.15, 0.2) is 41.1 Å². The first-order chi connectivity index (χ1) is 9.66. The lowest BCUT2D eigenvalue weighted by molar-refractivity contribution is -0.123. The van der Waals surface area contributed by atoms with Gasteiger partial charge < -0.3 is 20.3 Å². The van der Waals surface area contributed by atoms with Crippen LogP contribution < -0.4 is 15.8 Å². The highest BCUT2D eigenvalue weighted by Gasteiger charge is 2.08. The molecule has 0 aliphatic heterocycles. The van der Waals surface area contributed by atoms with Crippen molar-refractivity contribution in [2.24, 2.45) is 5.73 Å². The maximum absolute atomic E-state index is 11.6. The van der Waals surface area contributed by atoms with Crippen LogP contribution in [0.1, 0.15) is 11.3 Å². The quantitative estimate of drug-likeness (QED) is 0.772. The third kappa shape index (κ3) is 3.79. The van der Waals surface area contributed by atoms with Crippen LogP contribution in [0.25, 0.3) is 0 Å². The Morgan fingerprint density at radius 2 is 2.20 bits per heavy atom. The minimum Gasteiger partial charge on any atom is -0.483 e. The molecule has 0 radical (unpaired) electrons. The molecule has 1 aromatic heterocycles. The number of hydrogen-bond donors (Lipinski definition) is 2. The number of aromatic nitrogens is 1. The first-order valence-electron chi connectivity index (χ1n) is 5.84. The normalized spacial score (nSPS) is 10.0. The molecule has 1 aromatic carbocycles. The number of para-hydroxylation sites is 1. The Bertz CT molecular complexity index is 599. The summed E-state index contributed by atoms with van der Waals surface area (Å²) in [6.45, 7) is 0.160. The van der Waals surface area contributed by atoms with Gasteiger partial charge in [-0.05, 0) is 12.1 Å². The maximum Gasteiger partial charge on any atom is 0.258 e. The highest BCUT2D eigenvalue weighted by atomic mass is 32.1. The van der Waals surface area contributed by atoms with Crippen LogP contribution in [0.4, 0.5) is 0 Å². The number of nitrogens with one attached hydrogen (secondary N) is 1. The molecule has 0 saturated carbocycles. The molecule has 1 amide bonds. The Kier molecular flexibility index (Phi) is 4.67. The molecule has 0 atom stereocenters. The molecule has 2 aromatic rings. The number of carbonyl (C=O) groups is 1. The number of nitrogens with two attached hydrogens (primary N) is 1. The fraction of sp³-hybridized carbons (Fsp3) is 0.154. The second-order valence-corrected chi connectivity index (χ2v) is 4.36. The van der Waals surface area contributed by atoms with E-state index in [0.717, 1.165) is 0 Å². The highest BCUT2D eigenvalue weighted by Crippen LogP contribution is 2.17. The first-order valence-corrected chi connectivity index (χ1v) is 6.25. The van der Waals surface area contributed by atoms with E-state index in [1.165, 1.54) is 6.26 Å². The topological polar surface area (TPSA) is 90.4 Å². The van der Waals surface area contributed by atoms with Crippen molar-refractivity contribution in [3.05, 3.63) is 47.9 Å². The average molecular weight is 291 g/mol. The third-order valence-corrected chi connectivity index (χ3v) is 2.69. The molecule has 0 spiro atoms. The lowest BCUT2D eigenvalue weighted by atomic mass is 10.2. The van der Waals surface area contributed by atoms with Gasteiger partial charge in [-0.1, -0.05) is 29.5 Å². The zero-order valence-corrected chi connectivity index (χ0v) is 11.4. The van der Waals surface area contributed by atoms with Gasteiger partial charge in [0.25, 0.3) is 5.91 Å². The molecule has 0 bridgehead atoms. The van der Waals surface area contributed by atoms with Crippen molar-refractivity contribution in [3.63, 3.8) is 0 Å². The number of hydrogen-bond acceptors (Lipinski definition) is 5. The van der Waals surface area contributed by atoms with Gasteiger partial charge in [-0.3, -0.25) is 4.79 Å². The van der Waals surface area contributed by atoms with Crippen LogP contribution in [0, 0.1) is 0 Å². The number of amides is 1. The third-order valence-electron chi connectivity index (χ3n) is 2.47. The molecule has 2 rings (SSSR count). The fourth-order valence-electron chi connectivity index (χ4n) is 1.51. The first kappa shape index (κ1) is 14.0. The summed E-state index contributed by atoms with van der Waals surface area (Å²) in [5, 5.41) is 6.33. The van der Waals surface area contributed by atoms with Crippen molar-refractivity contribution in [3.8, 4) is 5.75 Å². The zero-order valence-electron chi connectivity index (χ0n) is 10.5. The minimum absolute atomic E-state index is 0.128. The summed E-state index contributed by atoms with van der Waals surface area (Å²) in [5.74, 6) is 0.210. The summed E-state index contributed by atoms with van der Waals surface area (Å²) in [6, 6.07) is 8.70. The fourth-order valence-corrected chi connectivity index (χ4v) is 1.68. The predicted octanol–water partition coefficient (Wildman–Crippen LogP) is 1.00. The number of thiocarbonyl (C=S) groups is 1. The molecule has 0 fully saturated rings. The van der Waals surface area contributed by atoms with Crippen molar-refractivity contribution < 1.29 is 14.1 Å². The van der Waals surface area contributed by atoms with Crippen LogP contribution in [0.3, 0.4) is 0 Å². The summed E-state index contributed by atoms with van der Waals surface area (Å²) < 4.78 is 10.1. The van der Waals surface area contributed by atoms with Gasteiger partial charge in [-0.25, -0.2) is 0 Å². The molecule has 0 saturated heterocycles. The summed E-state index contributed by atoms with van der Waals surface area (Å²) in [6.07, 6.45) is 1.44. The van der Waals surface area contributed by atoms with E-state index in [1.54, 1.807) is 30.3 Å². The SMILES string of the molecule is NC(=S)c1ccccc1OCC(=O)NCc1ccon1. The molecule has 104 valence electrons. The average Bonchev–Trinajstić information content (AvgIpc) is 2.96. The van der Waals surface area contributed by atoms with Gasteiger partial charge in [-0.15, -0.1) is 0 Å². The van der Waals surface area contributed by atoms with Gasteiger partial charge in [0.15, 0.2) is 6.61 Å². The zero-order chi connectivity index (χ0) is 14.4. The molecule has 7 heteroatoms. The summed E-state index contributed by atoms with van der Waals surface area (Å²) in [4.78, 5) is 11.9. The molecule has 3 N–H and O–H groups in total. The Morgan fingerprint density at radius 1 is 1.40 bits per heavy atom. The smallest absolute Gasteiger partial charge is 0.258 e. The Balaban J connectivity index is 1.85. The Morgan fingerprint density at radius 3 is 2.90 bits per heavy atom. The van der Waals surface area contributed by atoms with E-state index in [-0.39, 0.29) is 24.0 Å². The van der Waals surface area contributed by atoms with Crippen LogP contribution in [-0.4, -0.2) is 22.7 Å². The van der Waals surface area contributed by atoms with Gasteiger partial charge in [0, 0.05) is 6.07 Å². The number of benzene rings is 1. The minimum atomic E-state index is -0.272. The number of nitrogens with zero attached hydrogens (tertiary/aromatic N) is 1. The molecule has 0 aliphatic carbocycles. The van der Waals surface area contributed by atoms with Crippen LogP contribution in [-0.2, 0) is 11.3 Å². The summed E-state index contributed by atoms with van der Waals surface area (Å²) in [7, 11) is 0. The van der Waals surface area contributed by atoms with E-state index < -0.39 is 0 Å². The summed E-state index contributed by atoms with van der Waals surface area (Å²) in [5.41, 5.74) is 6.82. The predicted molar refractivity (Wildman–Crippen MR) is 76.2 cm³/mol. The largest absolute Gasteiger partial charge is 0.483 e. The van der Waals surface area contributed by atoms with Crippen LogP contribution in [0.5, 0.6) is 5.75 Å². The summed E-state index contributed by atoms with van der Waals surface area (Å²) >= 11 is 4.91. The number of carbonyl (C=O) groups excluding carboxylic acids is 1.